The van der Waals surface area contributed by atoms with E-state index in [0.29, 0.717) is 13.0 Å². The van der Waals surface area contributed by atoms with Crippen LogP contribution in [0, 0.1) is 11.6 Å². The van der Waals surface area contributed by atoms with Crippen molar-refractivity contribution in [2.24, 2.45) is 0 Å². The summed E-state index contributed by atoms with van der Waals surface area (Å²) >= 11 is 0. The van der Waals surface area contributed by atoms with E-state index < -0.39 is 23.4 Å². The van der Waals surface area contributed by atoms with Gasteiger partial charge >= 0.3 is 11.8 Å². The monoisotopic (exact) mass is 373 g/mol. The highest BCUT2D eigenvalue weighted by Crippen LogP contribution is 2.20. The Labute approximate surface area is 156 Å². The molecule has 0 atom stereocenters. The number of carbonyl (C=O) groups excluding carboxylic acids is 2. The first-order valence-electron chi connectivity index (χ1n) is 8.91. The van der Waals surface area contributed by atoms with Crippen LogP contribution in [0.3, 0.4) is 0 Å². The molecule has 2 amide bonds. The zero-order valence-electron chi connectivity index (χ0n) is 14.8. The predicted octanol–water partition coefficient (Wildman–Crippen LogP) is 2.86. The lowest BCUT2D eigenvalue weighted by atomic mass is 10.1. The first-order chi connectivity index (χ1) is 13.0. The zero-order chi connectivity index (χ0) is 19.2. The molecule has 0 unspecified atom stereocenters. The molecule has 0 aromatic heterocycles. The molecule has 1 fully saturated rings. The first kappa shape index (κ1) is 18.8. The fourth-order valence-corrected chi connectivity index (χ4v) is 3.01. The molecular weight excluding hydrogens is 352 g/mol. The summed E-state index contributed by atoms with van der Waals surface area (Å²) in [5.41, 5.74) is 2.28. The van der Waals surface area contributed by atoms with Crippen LogP contribution in [0.15, 0.2) is 42.5 Å². The highest BCUT2D eigenvalue weighted by molar-refractivity contribution is 6.39. The number of carbonyl (C=O) groups is 2. The van der Waals surface area contributed by atoms with Crippen molar-refractivity contribution in [3.63, 3.8) is 0 Å². The van der Waals surface area contributed by atoms with E-state index in [2.05, 4.69) is 27.7 Å². The van der Waals surface area contributed by atoms with Crippen LogP contribution < -0.4 is 15.5 Å². The van der Waals surface area contributed by atoms with E-state index in [1.165, 1.54) is 24.6 Å². The number of hydrogen-bond acceptors (Lipinski definition) is 3. The molecule has 2 aromatic rings. The minimum absolute atomic E-state index is 0.0200. The molecule has 0 aliphatic carbocycles. The lowest BCUT2D eigenvalue weighted by Crippen LogP contribution is -2.36. The third kappa shape index (κ3) is 5.03. The van der Waals surface area contributed by atoms with Crippen LogP contribution in [0.1, 0.15) is 18.4 Å². The molecule has 0 bridgehead atoms. The predicted molar refractivity (Wildman–Crippen MR) is 99.6 cm³/mol. The molecule has 7 heteroatoms. The number of rotatable bonds is 5. The number of amides is 2. The molecule has 2 N–H and O–H groups in total. The Kier molecular flexibility index (Phi) is 6.01. The second-order valence-corrected chi connectivity index (χ2v) is 6.45. The van der Waals surface area contributed by atoms with Crippen LogP contribution in [0.25, 0.3) is 0 Å². The maximum atomic E-state index is 13.1. The summed E-state index contributed by atoms with van der Waals surface area (Å²) in [6.45, 7) is 2.47. The van der Waals surface area contributed by atoms with Gasteiger partial charge in [-0.15, -0.1) is 0 Å². The summed E-state index contributed by atoms with van der Waals surface area (Å²) in [6, 6.07) is 11.1. The second-order valence-electron chi connectivity index (χ2n) is 6.45. The van der Waals surface area contributed by atoms with Gasteiger partial charge in [0.2, 0.25) is 0 Å². The summed E-state index contributed by atoms with van der Waals surface area (Å²) in [7, 11) is 0. The van der Waals surface area contributed by atoms with Gasteiger partial charge < -0.3 is 15.5 Å². The van der Waals surface area contributed by atoms with E-state index in [4.69, 9.17) is 0 Å². The van der Waals surface area contributed by atoms with Crippen molar-refractivity contribution in [1.82, 2.24) is 5.32 Å². The minimum atomic E-state index is -1.09. The summed E-state index contributed by atoms with van der Waals surface area (Å²) in [6.07, 6.45) is 3.03. The smallest absolute Gasteiger partial charge is 0.313 e. The van der Waals surface area contributed by atoms with Gasteiger partial charge in [-0.1, -0.05) is 12.1 Å². The average Bonchev–Trinajstić information content (AvgIpc) is 3.20. The van der Waals surface area contributed by atoms with Crippen molar-refractivity contribution in [2.75, 3.05) is 29.9 Å². The lowest BCUT2D eigenvalue weighted by Gasteiger charge is -2.17. The molecule has 1 aliphatic rings. The molecule has 3 rings (SSSR count). The maximum Gasteiger partial charge on any atom is 0.313 e. The SMILES string of the molecule is O=C(NCCc1ccc(N2CCCC2)cc1)C(=O)Nc1ccc(F)c(F)c1. The van der Waals surface area contributed by atoms with Crippen molar-refractivity contribution >= 4 is 23.2 Å². The third-order valence-electron chi connectivity index (χ3n) is 4.49. The minimum Gasteiger partial charge on any atom is -0.372 e. The molecule has 0 radical (unpaired) electrons. The standard InChI is InChI=1S/C20H21F2N3O2/c21-17-8-5-15(13-18(17)22)24-20(27)19(26)23-10-9-14-3-6-16(7-4-14)25-11-1-2-12-25/h3-8,13H,1-2,9-12H2,(H,23,26)(H,24,27). The molecule has 0 saturated carbocycles. The van der Waals surface area contributed by atoms with Crippen LogP contribution in [-0.4, -0.2) is 31.4 Å². The Balaban J connectivity index is 1.44. The van der Waals surface area contributed by atoms with Crippen LogP contribution in [0.5, 0.6) is 0 Å². The van der Waals surface area contributed by atoms with Gasteiger partial charge in [0.1, 0.15) is 0 Å². The first-order valence-corrected chi connectivity index (χ1v) is 8.91. The van der Waals surface area contributed by atoms with E-state index >= 15 is 0 Å². The molecule has 2 aromatic carbocycles. The van der Waals surface area contributed by atoms with Gasteiger partial charge in [0.25, 0.3) is 0 Å². The van der Waals surface area contributed by atoms with E-state index in [9.17, 15) is 18.4 Å². The van der Waals surface area contributed by atoms with Gasteiger partial charge in [-0.2, -0.15) is 0 Å². The largest absolute Gasteiger partial charge is 0.372 e. The average molecular weight is 373 g/mol. The van der Waals surface area contributed by atoms with E-state index in [0.717, 1.165) is 30.8 Å². The van der Waals surface area contributed by atoms with Gasteiger partial charge in [0.05, 0.1) is 0 Å². The molecular formula is C20H21F2N3O2. The van der Waals surface area contributed by atoms with Crippen molar-refractivity contribution < 1.29 is 18.4 Å². The van der Waals surface area contributed by atoms with Crippen molar-refractivity contribution in [3.05, 3.63) is 59.7 Å². The van der Waals surface area contributed by atoms with Gasteiger partial charge in [0, 0.05) is 37.1 Å². The maximum absolute atomic E-state index is 13.1. The Morgan fingerprint density at radius 2 is 1.63 bits per heavy atom. The van der Waals surface area contributed by atoms with Crippen LogP contribution in [0.2, 0.25) is 0 Å². The van der Waals surface area contributed by atoms with Gasteiger partial charge in [-0.05, 0) is 49.1 Å². The van der Waals surface area contributed by atoms with Crippen molar-refractivity contribution in [3.8, 4) is 0 Å². The molecule has 1 heterocycles. The summed E-state index contributed by atoms with van der Waals surface area (Å²) in [5, 5.41) is 4.75. The number of hydrogen-bond donors (Lipinski definition) is 2. The normalized spacial score (nSPS) is 13.5. The fourth-order valence-electron chi connectivity index (χ4n) is 3.01. The molecule has 1 saturated heterocycles. The number of halogens is 2. The van der Waals surface area contributed by atoms with Gasteiger partial charge in [0.15, 0.2) is 11.6 Å². The topological polar surface area (TPSA) is 61.4 Å². The fraction of sp³-hybridized carbons (Fsp3) is 0.300. The Morgan fingerprint density at radius 3 is 2.30 bits per heavy atom. The van der Waals surface area contributed by atoms with E-state index in [1.54, 1.807) is 0 Å². The molecule has 5 nitrogen and oxygen atoms in total. The third-order valence-corrected chi connectivity index (χ3v) is 4.49. The van der Waals surface area contributed by atoms with Gasteiger partial charge in [-0.25, -0.2) is 8.78 Å². The Morgan fingerprint density at radius 1 is 0.926 bits per heavy atom. The lowest BCUT2D eigenvalue weighted by molar-refractivity contribution is -0.136. The Bertz CT molecular complexity index is 818. The van der Waals surface area contributed by atoms with E-state index in [1.807, 2.05) is 12.1 Å². The quantitative estimate of drug-likeness (QED) is 0.793. The van der Waals surface area contributed by atoms with Crippen molar-refractivity contribution in [2.45, 2.75) is 19.3 Å². The number of anilines is 2. The number of nitrogens with one attached hydrogen (secondary N) is 2. The Hall–Kier alpha value is -2.96. The zero-order valence-corrected chi connectivity index (χ0v) is 14.8. The highest BCUT2D eigenvalue weighted by Gasteiger charge is 2.15. The molecule has 0 spiro atoms. The van der Waals surface area contributed by atoms with Crippen LogP contribution in [-0.2, 0) is 16.0 Å². The summed E-state index contributed by atoms with van der Waals surface area (Å²) in [4.78, 5) is 26.0. The van der Waals surface area contributed by atoms with E-state index in [-0.39, 0.29) is 5.69 Å². The number of benzene rings is 2. The van der Waals surface area contributed by atoms with Crippen molar-refractivity contribution in [1.29, 1.82) is 0 Å². The summed E-state index contributed by atoms with van der Waals surface area (Å²) in [5.74, 6) is -3.86. The highest BCUT2D eigenvalue weighted by atomic mass is 19.2. The summed E-state index contributed by atoms with van der Waals surface area (Å²) < 4.78 is 26.0. The van der Waals surface area contributed by atoms with Crippen LogP contribution in [0.4, 0.5) is 20.2 Å². The van der Waals surface area contributed by atoms with Crippen LogP contribution >= 0.6 is 0 Å². The molecule has 142 valence electrons. The second kappa shape index (κ2) is 8.62. The molecule has 27 heavy (non-hydrogen) atoms. The number of nitrogens with zero attached hydrogens (tertiary/aromatic N) is 1. The molecule has 1 aliphatic heterocycles. The van der Waals surface area contributed by atoms with Gasteiger partial charge in [-0.3, -0.25) is 9.59 Å².